The van der Waals surface area contributed by atoms with Gasteiger partial charge in [-0.2, -0.15) is 0 Å². The summed E-state index contributed by atoms with van der Waals surface area (Å²) in [5, 5.41) is 0. The molecule has 17 heavy (non-hydrogen) atoms. The second kappa shape index (κ2) is 4.25. The van der Waals surface area contributed by atoms with Gasteiger partial charge in [0.25, 0.3) is 0 Å². The number of hydrogen-bond donors (Lipinski definition) is 2. The van der Waals surface area contributed by atoms with Crippen LogP contribution >= 0.6 is 12.2 Å². The molecule has 0 fully saturated rings. The molecule has 0 amide bonds. The Morgan fingerprint density at radius 2 is 1.94 bits per heavy atom. The molecule has 5 heteroatoms. The highest BCUT2D eigenvalue weighted by Gasteiger charge is 2.11. The van der Waals surface area contributed by atoms with Crippen molar-refractivity contribution in [1.29, 1.82) is 0 Å². The number of imidazole rings is 1. The predicted octanol–water partition coefficient (Wildman–Crippen LogP) is 2.90. The fourth-order valence-corrected chi connectivity index (χ4v) is 1.99. The summed E-state index contributed by atoms with van der Waals surface area (Å²) in [6.07, 6.45) is 2.76. The van der Waals surface area contributed by atoms with E-state index in [0.29, 0.717) is 18.0 Å². The molecule has 0 spiro atoms. The van der Waals surface area contributed by atoms with E-state index in [-0.39, 0.29) is 0 Å². The first-order valence-corrected chi connectivity index (χ1v) is 5.91. The zero-order chi connectivity index (χ0) is 11.7. The molecule has 0 atom stereocenters. The van der Waals surface area contributed by atoms with Gasteiger partial charge in [-0.25, -0.2) is 0 Å². The lowest BCUT2D eigenvalue weighted by molar-refractivity contribution is 0.297. The van der Waals surface area contributed by atoms with Gasteiger partial charge in [0, 0.05) is 18.2 Å². The third kappa shape index (κ3) is 2.06. The number of H-pyrrole nitrogens is 2. The third-order valence-corrected chi connectivity index (χ3v) is 2.87. The number of nitrogens with one attached hydrogen (secondary N) is 2. The Kier molecular flexibility index (Phi) is 2.60. The van der Waals surface area contributed by atoms with Crippen molar-refractivity contribution in [3.05, 3.63) is 29.2 Å². The molecule has 0 saturated carbocycles. The summed E-state index contributed by atoms with van der Waals surface area (Å²) < 4.78 is 11.8. The molecular formula is C12H12N2O2S. The monoisotopic (exact) mass is 248 g/mol. The Hall–Kier alpha value is -1.75. The van der Waals surface area contributed by atoms with Crippen molar-refractivity contribution in [2.45, 2.75) is 6.42 Å². The molecule has 0 bridgehead atoms. The van der Waals surface area contributed by atoms with Gasteiger partial charge >= 0.3 is 0 Å². The maximum Gasteiger partial charge on any atom is 0.174 e. The molecule has 0 radical (unpaired) electrons. The third-order valence-electron chi connectivity index (χ3n) is 2.65. The van der Waals surface area contributed by atoms with E-state index in [4.69, 9.17) is 21.7 Å². The topological polar surface area (TPSA) is 50.0 Å². The van der Waals surface area contributed by atoms with E-state index in [0.717, 1.165) is 29.2 Å². The first-order valence-electron chi connectivity index (χ1n) is 5.51. The standard InChI is InChI=1S/C12H12N2O2S/c17-12-13-7-9(14-12)8-2-3-10-11(6-8)16-5-1-4-15-10/h2-3,6-7H,1,4-5H2,(H2,13,14,17). The van der Waals surface area contributed by atoms with Crippen LogP contribution in [0.15, 0.2) is 24.4 Å². The van der Waals surface area contributed by atoms with Gasteiger partial charge in [-0.05, 0) is 30.4 Å². The minimum absolute atomic E-state index is 0.618. The SMILES string of the molecule is S=c1[nH]cc(-c2ccc3c(c2)OCCCO3)[nH]1. The Morgan fingerprint density at radius 1 is 1.12 bits per heavy atom. The number of aromatic nitrogens is 2. The second-order valence-electron chi connectivity index (χ2n) is 3.87. The number of fused-ring (bicyclic) bond motifs is 1. The van der Waals surface area contributed by atoms with Crippen LogP contribution in [0.2, 0.25) is 0 Å². The smallest absolute Gasteiger partial charge is 0.174 e. The number of hydrogen-bond acceptors (Lipinski definition) is 3. The number of benzene rings is 1. The molecule has 2 heterocycles. The lowest BCUT2D eigenvalue weighted by atomic mass is 10.1. The van der Waals surface area contributed by atoms with Crippen LogP contribution < -0.4 is 9.47 Å². The average molecular weight is 248 g/mol. The highest BCUT2D eigenvalue weighted by molar-refractivity contribution is 7.71. The first kappa shape index (κ1) is 10.4. The number of aromatic amines is 2. The van der Waals surface area contributed by atoms with Gasteiger partial charge in [0.2, 0.25) is 0 Å². The van der Waals surface area contributed by atoms with Crippen molar-refractivity contribution < 1.29 is 9.47 Å². The average Bonchev–Trinajstić information content (AvgIpc) is 2.64. The van der Waals surface area contributed by atoms with Crippen LogP contribution in [0.1, 0.15) is 6.42 Å². The van der Waals surface area contributed by atoms with Crippen molar-refractivity contribution in [2.75, 3.05) is 13.2 Å². The fraction of sp³-hybridized carbons (Fsp3) is 0.250. The van der Waals surface area contributed by atoms with Gasteiger partial charge in [-0.1, -0.05) is 0 Å². The van der Waals surface area contributed by atoms with Crippen LogP contribution in [0, 0.1) is 4.77 Å². The van der Waals surface area contributed by atoms with Crippen molar-refractivity contribution in [3.8, 4) is 22.8 Å². The van der Waals surface area contributed by atoms with Crippen LogP contribution in [0.3, 0.4) is 0 Å². The van der Waals surface area contributed by atoms with E-state index in [1.54, 1.807) is 0 Å². The van der Waals surface area contributed by atoms with Crippen molar-refractivity contribution in [2.24, 2.45) is 0 Å². The number of ether oxygens (including phenoxy) is 2. The largest absolute Gasteiger partial charge is 0.490 e. The molecule has 1 aromatic heterocycles. The molecule has 1 aliphatic rings. The van der Waals surface area contributed by atoms with E-state index in [2.05, 4.69) is 9.97 Å². The Balaban J connectivity index is 2.02. The summed E-state index contributed by atoms with van der Waals surface area (Å²) in [6.45, 7) is 1.40. The first-order chi connectivity index (χ1) is 8.33. The highest BCUT2D eigenvalue weighted by atomic mass is 32.1. The van der Waals surface area contributed by atoms with E-state index in [1.165, 1.54) is 0 Å². The molecule has 2 aromatic rings. The van der Waals surface area contributed by atoms with E-state index in [1.807, 2.05) is 24.4 Å². The van der Waals surface area contributed by atoms with Gasteiger partial charge in [0.15, 0.2) is 16.3 Å². The predicted molar refractivity (Wildman–Crippen MR) is 67.0 cm³/mol. The Labute approximate surface area is 104 Å². The minimum atomic E-state index is 0.618. The highest BCUT2D eigenvalue weighted by Crippen LogP contribution is 2.33. The van der Waals surface area contributed by atoms with Gasteiger partial charge in [0.1, 0.15) is 0 Å². The summed E-state index contributed by atoms with van der Waals surface area (Å²) in [4.78, 5) is 6.02. The Bertz CT molecular complexity index is 588. The van der Waals surface area contributed by atoms with Crippen LogP contribution in [0.4, 0.5) is 0 Å². The summed E-state index contributed by atoms with van der Waals surface area (Å²) in [6, 6.07) is 5.89. The molecule has 1 aromatic carbocycles. The van der Waals surface area contributed by atoms with Gasteiger partial charge in [-0.3, -0.25) is 0 Å². The molecular weight excluding hydrogens is 236 g/mol. The number of rotatable bonds is 1. The lowest BCUT2D eigenvalue weighted by Crippen LogP contribution is -1.97. The van der Waals surface area contributed by atoms with E-state index < -0.39 is 0 Å². The minimum Gasteiger partial charge on any atom is -0.490 e. The van der Waals surface area contributed by atoms with Crippen LogP contribution in [-0.4, -0.2) is 23.2 Å². The summed E-state index contributed by atoms with van der Waals surface area (Å²) in [5.74, 6) is 1.60. The van der Waals surface area contributed by atoms with Crippen LogP contribution in [0.25, 0.3) is 11.3 Å². The lowest BCUT2D eigenvalue weighted by Gasteiger charge is -2.08. The summed E-state index contributed by atoms with van der Waals surface area (Å²) >= 11 is 5.01. The van der Waals surface area contributed by atoms with Gasteiger partial charge in [0.05, 0.1) is 18.9 Å². The van der Waals surface area contributed by atoms with Gasteiger partial charge in [-0.15, -0.1) is 0 Å². The van der Waals surface area contributed by atoms with Crippen molar-refractivity contribution in [1.82, 2.24) is 9.97 Å². The van der Waals surface area contributed by atoms with Crippen LogP contribution in [-0.2, 0) is 0 Å². The van der Waals surface area contributed by atoms with Crippen molar-refractivity contribution in [3.63, 3.8) is 0 Å². The maximum atomic E-state index is 5.64. The van der Waals surface area contributed by atoms with E-state index in [9.17, 15) is 0 Å². The molecule has 3 rings (SSSR count). The molecule has 0 unspecified atom stereocenters. The molecule has 1 aliphatic heterocycles. The normalized spacial score (nSPS) is 14.4. The van der Waals surface area contributed by atoms with Crippen molar-refractivity contribution >= 4 is 12.2 Å². The van der Waals surface area contributed by atoms with Crippen LogP contribution in [0.5, 0.6) is 11.5 Å². The molecule has 0 aliphatic carbocycles. The Morgan fingerprint density at radius 3 is 2.71 bits per heavy atom. The molecule has 88 valence electrons. The quantitative estimate of drug-likeness (QED) is 0.763. The molecule has 2 N–H and O–H groups in total. The summed E-state index contributed by atoms with van der Waals surface area (Å²) in [5.41, 5.74) is 1.98. The second-order valence-corrected chi connectivity index (χ2v) is 4.28. The van der Waals surface area contributed by atoms with E-state index >= 15 is 0 Å². The summed E-state index contributed by atoms with van der Waals surface area (Å²) in [7, 11) is 0. The van der Waals surface area contributed by atoms with Gasteiger partial charge < -0.3 is 19.4 Å². The molecule has 4 nitrogen and oxygen atoms in total. The zero-order valence-electron chi connectivity index (χ0n) is 9.16. The molecule has 0 saturated heterocycles. The maximum absolute atomic E-state index is 5.64. The zero-order valence-corrected chi connectivity index (χ0v) is 9.97. The fourth-order valence-electron chi connectivity index (χ4n) is 1.82.